The molecule has 0 amide bonds. The van der Waals surface area contributed by atoms with Crippen LogP contribution in [-0.2, 0) is 0 Å². The van der Waals surface area contributed by atoms with Crippen LogP contribution in [-0.4, -0.2) is 0 Å². The van der Waals surface area contributed by atoms with Crippen molar-refractivity contribution in [3.8, 4) is 44.5 Å². The molecule has 18 rings (SSSR count). The van der Waals surface area contributed by atoms with E-state index in [9.17, 15) is 0 Å². The first-order valence-corrected chi connectivity index (χ1v) is 34.3. The Morgan fingerprint density at radius 2 is 0.611 bits per heavy atom. The van der Waals surface area contributed by atoms with Gasteiger partial charge in [-0.3, -0.25) is 0 Å². The summed E-state index contributed by atoms with van der Waals surface area (Å²) in [5.41, 5.74) is 19.3. The molecule has 0 spiro atoms. The van der Waals surface area contributed by atoms with Crippen LogP contribution in [0.1, 0.15) is 0 Å². The molecule has 0 saturated carbocycles. The van der Waals surface area contributed by atoms with E-state index in [-0.39, 0.29) is 0 Å². The molecule has 0 aliphatic heterocycles. The summed E-state index contributed by atoms with van der Waals surface area (Å²) in [6.07, 6.45) is 0. The molecular formula is C88H55Br2IN2O2. The zero-order valence-electron chi connectivity index (χ0n) is 51.1. The van der Waals surface area contributed by atoms with E-state index in [4.69, 9.17) is 8.83 Å². The number of benzene rings is 16. The molecule has 2 aromatic heterocycles. The van der Waals surface area contributed by atoms with Crippen molar-refractivity contribution in [3.05, 3.63) is 346 Å². The van der Waals surface area contributed by atoms with E-state index in [0.29, 0.717) is 0 Å². The van der Waals surface area contributed by atoms with E-state index in [1.54, 1.807) is 0 Å². The molecule has 2 heterocycles. The van der Waals surface area contributed by atoms with Gasteiger partial charge in [0.25, 0.3) is 0 Å². The summed E-state index contributed by atoms with van der Waals surface area (Å²) in [6, 6.07) is 119. The fourth-order valence-corrected chi connectivity index (χ4v) is 15.4. The molecule has 95 heavy (non-hydrogen) atoms. The quantitative estimate of drug-likeness (QED) is 0.101. The molecule has 450 valence electrons. The standard InChI is InChI=1S/C44H27BrINO.C44H28BrNO/c45-42-40(27-38-37-23-22-31(29-14-5-2-6-15-29)26-41(37)48-44(38)43(42)46)47(33-18-11-17-30(24-33)28-12-3-1-4-13-28)39-25-32-16-7-8-19-34(32)35-20-9-10-21-36(35)39;45-40-28-44-39(38-23-22-32(26-43(38)47-44)30-14-5-2-6-15-30)27-42(40)46(34-18-11-17-31(24-34)29-12-3-1-4-13-29)41-25-33-16-7-8-19-35(33)36-20-9-10-21-37(36)41/h1-27H;1-28H. The fourth-order valence-electron chi connectivity index (χ4n) is 13.7. The van der Waals surface area contributed by atoms with Crippen LogP contribution in [0.25, 0.3) is 131 Å². The van der Waals surface area contributed by atoms with Gasteiger partial charge in [0.05, 0.1) is 30.8 Å². The lowest BCUT2D eigenvalue weighted by molar-refractivity contribution is 0.666. The SMILES string of the molecule is Brc1c(N(c2cccc(-c3ccccc3)c2)c2cc3ccccc3c3ccccc23)cc2c(oc3cc(-c4ccccc4)ccc32)c1I.Brc1cc2oc3cc(-c4ccccc4)ccc3c2cc1N(c1cccc(-c2ccccc2)c1)c1cc2ccccc2c2ccccc12. The van der Waals surface area contributed by atoms with Crippen LogP contribution in [0.4, 0.5) is 34.1 Å². The molecule has 0 unspecified atom stereocenters. The lowest BCUT2D eigenvalue weighted by Crippen LogP contribution is -2.12. The van der Waals surface area contributed by atoms with Crippen LogP contribution < -0.4 is 9.80 Å². The zero-order chi connectivity index (χ0) is 63.5. The van der Waals surface area contributed by atoms with Crippen molar-refractivity contribution in [2.45, 2.75) is 0 Å². The van der Waals surface area contributed by atoms with E-state index < -0.39 is 0 Å². The first-order valence-electron chi connectivity index (χ1n) is 31.7. The molecule has 16 aromatic carbocycles. The Morgan fingerprint density at radius 1 is 0.242 bits per heavy atom. The molecule has 0 atom stereocenters. The van der Waals surface area contributed by atoms with Gasteiger partial charge in [-0.25, -0.2) is 0 Å². The number of nitrogens with zero attached hydrogens (tertiary/aromatic N) is 2. The van der Waals surface area contributed by atoms with Gasteiger partial charge in [0, 0.05) is 48.2 Å². The number of furan rings is 2. The van der Waals surface area contributed by atoms with Gasteiger partial charge < -0.3 is 18.6 Å². The highest BCUT2D eigenvalue weighted by molar-refractivity contribution is 14.1. The molecule has 0 bridgehead atoms. The van der Waals surface area contributed by atoms with Gasteiger partial charge in [0.2, 0.25) is 0 Å². The van der Waals surface area contributed by atoms with E-state index >= 15 is 0 Å². The highest BCUT2D eigenvalue weighted by atomic mass is 127. The number of halogens is 3. The third-order valence-electron chi connectivity index (χ3n) is 18.3. The minimum Gasteiger partial charge on any atom is -0.456 e. The first kappa shape index (κ1) is 58.3. The van der Waals surface area contributed by atoms with Crippen molar-refractivity contribution in [1.82, 2.24) is 0 Å². The van der Waals surface area contributed by atoms with Crippen molar-refractivity contribution in [3.63, 3.8) is 0 Å². The molecule has 4 nitrogen and oxygen atoms in total. The van der Waals surface area contributed by atoms with Gasteiger partial charge >= 0.3 is 0 Å². The summed E-state index contributed by atoms with van der Waals surface area (Å²) in [6.45, 7) is 0. The van der Waals surface area contributed by atoms with Crippen LogP contribution >= 0.6 is 54.5 Å². The van der Waals surface area contributed by atoms with E-state index in [2.05, 4.69) is 386 Å². The second kappa shape index (κ2) is 24.7. The molecule has 18 aromatic rings. The van der Waals surface area contributed by atoms with Crippen LogP contribution in [0.15, 0.2) is 351 Å². The van der Waals surface area contributed by atoms with E-state index in [0.717, 1.165) is 113 Å². The maximum atomic E-state index is 6.62. The molecule has 7 heteroatoms. The van der Waals surface area contributed by atoms with E-state index in [1.165, 1.54) is 65.3 Å². The summed E-state index contributed by atoms with van der Waals surface area (Å²) in [7, 11) is 0. The smallest absolute Gasteiger partial charge is 0.150 e. The number of hydrogen-bond acceptors (Lipinski definition) is 4. The lowest BCUT2D eigenvalue weighted by atomic mass is 9.98. The number of anilines is 6. The third kappa shape index (κ3) is 10.7. The Balaban J connectivity index is 0.000000144. The topological polar surface area (TPSA) is 32.8 Å². The summed E-state index contributed by atoms with van der Waals surface area (Å²) in [5, 5.41) is 14.1. The Morgan fingerprint density at radius 3 is 1.09 bits per heavy atom. The van der Waals surface area contributed by atoms with Gasteiger partial charge in [0.1, 0.15) is 22.3 Å². The maximum absolute atomic E-state index is 6.62. The predicted octanol–water partition coefficient (Wildman–Crippen LogP) is 27.5. The van der Waals surface area contributed by atoms with Crippen molar-refractivity contribution in [2.75, 3.05) is 9.80 Å². The third-order valence-corrected chi connectivity index (χ3v) is 21.5. The minimum atomic E-state index is 0.849. The lowest BCUT2D eigenvalue weighted by Gasteiger charge is -2.29. The second-order valence-electron chi connectivity index (χ2n) is 23.9. The van der Waals surface area contributed by atoms with Gasteiger partial charge in [-0.05, 0) is 210 Å². The summed E-state index contributed by atoms with van der Waals surface area (Å²) < 4.78 is 16.1. The van der Waals surface area contributed by atoms with Crippen LogP contribution in [0, 0.1) is 3.57 Å². The first-order chi connectivity index (χ1) is 46.8. The highest BCUT2D eigenvalue weighted by Crippen LogP contribution is 2.51. The summed E-state index contributed by atoms with van der Waals surface area (Å²) >= 11 is 10.5. The molecular weight excluding hydrogens is 1400 g/mol. The normalized spacial score (nSPS) is 11.5. The van der Waals surface area contributed by atoms with Crippen LogP contribution in [0.3, 0.4) is 0 Å². The van der Waals surface area contributed by atoms with Gasteiger partial charge in [-0.2, -0.15) is 0 Å². The summed E-state index contributed by atoms with van der Waals surface area (Å²) in [4.78, 5) is 4.80. The van der Waals surface area contributed by atoms with Gasteiger partial charge in [-0.1, -0.05) is 255 Å². The Labute approximate surface area is 580 Å². The largest absolute Gasteiger partial charge is 0.456 e. The van der Waals surface area contributed by atoms with Crippen molar-refractivity contribution >= 4 is 176 Å². The Hall–Kier alpha value is -10.6. The molecule has 0 radical (unpaired) electrons. The number of fused-ring (bicyclic) bond motifs is 12. The van der Waals surface area contributed by atoms with Gasteiger partial charge in [-0.15, -0.1) is 0 Å². The molecule has 0 fully saturated rings. The molecule has 0 saturated heterocycles. The summed E-state index contributed by atoms with van der Waals surface area (Å²) in [5.74, 6) is 0. The predicted molar refractivity (Wildman–Crippen MR) is 417 cm³/mol. The maximum Gasteiger partial charge on any atom is 0.150 e. The Kier molecular flexibility index (Phi) is 15.2. The molecule has 0 aliphatic rings. The number of hydrogen-bond donors (Lipinski definition) is 0. The van der Waals surface area contributed by atoms with E-state index in [1.807, 2.05) is 12.1 Å². The average Bonchev–Trinajstić information content (AvgIpc) is 1.73. The second-order valence-corrected chi connectivity index (χ2v) is 26.6. The molecule has 0 N–H and O–H groups in total. The fraction of sp³-hybridized carbons (Fsp3) is 0. The Bertz CT molecular complexity index is 5970. The minimum absolute atomic E-state index is 0.849. The monoisotopic (exact) mass is 1460 g/mol. The average molecular weight is 1460 g/mol. The van der Waals surface area contributed by atoms with Crippen LogP contribution in [0.5, 0.6) is 0 Å². The van der Waals surface area contributed by atoms with Gasteiger partial charge in [0.15, 0.2) is 0 Å². The molecule has 0 aliphatic carbocycles. The van der Waals surface area contributed by atoms with Crippen molar-refractivity contribution in [1.29, 1.82) is 0 Å². The van der Waals surface area contributed by atoms with Crippen molar-refractivity contribution < 1.29 is 8.83 Å². The number of rotatable bonds is 10. The zero-order valence-corrected chi connectivity index (χ0v) is 56.4. The highest BCUT2D eigenvalue weighted by Gasteiger charge is 2.26. The van der Waals surface area contributed by atoms with Crippen molar-refractivity contribution in [2.24, 2.45) is 0 Å². The van der Waals surface area contributed by atoms with Crippen LogP contribution in [0.2, 0.25) is 0 Å².